The minimum absolute atomic E-state index is 0.0808. The van der Waals surface area contributed by atoms with Crippen molar-refractivity contribution in [2.75, 3.05) is 17.2 Å². The minimum Gasteiger partial charge on any atom is -0.370 e. The second-order valence-electron chi connectivity index (χ2n) is 6.30. The zero-order valence-electron chi connectivity index (χ0n) is 15.0. The second kappa shape index (κ2) is 9.74. The fourth-order valence-corrected chi connectivity index (χ4v) is 2.84. The van der Waals surface area contributed by atoms with Crippen molar-refractivity contribution in [3.63, 3.8) is 0 Å². The number of anilines is 2. The number of amides is 1. The summed E-state index contributed by atoms with van der Waals surface area (Å²) in [6.45, 7) is 0.851. The van der Waals surface area contributed by atoms with E-state index in [0.717, 1.165) is 30.8 Å². The number of aryl methyl sites for hydroxylation is 1. The van der Waals surface area contributed by atoms with Crippen molar-refractivity contribution in [2.24, 2.45) is 0 Å². The molecule has 138 valence electrons. The highest BCUT2D eigenvalue weighted by Gasteiger charge is 2.05. The van der Waals surface area contributed by atoms with Crippen molar-refractivity contribution in [3.05, 3.63) is 89.1 Å². The van der Waals surface area contributed by atoms with E-state index in [-0.39, 0.29) is 5.91 Å². The van der Waals surface area contributed by atoms with Gasteiger partial charge in [0.05, 0.1) is 18.3 Å². The topological polar surface area (TPSA) is 54.0 Å². The number of aromatic nitrogens is 1. The molecule has 0 saturated carbocycles. The molecule has 0 aliphatic heterocycles. The number of nitrogens with one attached hydrogen (secondary N) is 2. The maximum atomic E-state index is 12.1. The molecule has 0 radical (unpaired) electrons. The van der Waals surface area contributed by atoms with Crippen molar-refractivity contribution < 1.29 is 4.79 Å². The summed E-state index contributed by atoms with van der Waals surface area (Å²) in [6, 6.07) is 21.4. The van der Waals surface area contributed by atoms with Crippen LogP contribution in [0.2, 0.25) is 5.02 Å². The van der Waals surface area contributed by atoms with Gasteiger partial charge in [0.2, 0.25) is 5.91 Å². The quantitative estimate of drug-likeness (QED) is 0.544. The van der Waals surface area contributed by atoms with E-state index in [9.17, 15) is 4.79 Å². The summed E-state index contributed by atoms with van der Waals surface area (Å²) in [5, 5.41) is 6.83. The van der Waals surface area contributed by atoms with E-state index in [1.807, 2.05) is 30.3 Å². The van der Waals surface area contributed by atoms with Gasteiger partial charge >= 0.3 is 0 Å². The van der Waals surface area contributed by atoms with Gasteiger partial charge in [0.15, 0.2) is 0 Å². The van der Waals surface area contributed by atoms with Crippen LogP contribution in [0.25, 0.3) is 0 Å². The molecule has 5 heteroatoms. The molecular formula is C22H22ClN3O. The van der Waals surface area contributed by atoms with Crippen molar-refractivity contribution in [1.29, 1.82) is 0 Å². The minimum atomic E-state index is -0.0808. The standard InChI is InChI=1S/C22H22ClN3O/c23-19-10-8-18(9-11-19)15-22(27)26-20-12-13-21(25-16-20)24-14-4-7-17-5-2-1-3-6-17/h1-3,5-6,8-13,16H,4,7,14-15H2,(H,24,25)(H,26,27). The van der Waals surface area contributed by atoms with E-state index in [1.54, 1.807) is 18.3 Å². The lowest BCUT2D eigenvalue weighted by Gasteiger charge is -2.08. The molecule has 0 aliphatic carbocycles. The Morgan fingerprint density at radius 2 is 1.70 bits per heavy atom. The molecular weight excluding hydrogens is 358 g/mol. The van der Waals surface area contributed by atoms with Crippen molar-refractivity contribution >= 4 is 29.0 Å². The Hall–Kier alpha value is -2.85. The van der Waals surface area contributed by atoms with Gasteiger partial charge in [0.1, 0.15) is 5.82 Å². The molecule has 3 rings (SSSR count). The Bertz CT molecular complexity index is 849. The number of benzene rings is 2. The number of halogens is 1. The van der Waals surface area contributed by atoms with Gasteiger partial charge in [-0.15, -0.1) is 0 Å². The van der Waals surface area contributed by atoms with E-state index in [1.165, 1.54) is 5.56 Å². The number of hydrogen-bond donors (Lipinski definition) is 2. The van der Waals surface area contributed by atoms with Gasteiger partial charge in [-0.1, -0.05) is 54.1 Å². The zero-order chi connectivity index (χ0) is 18.9. The van der Waals surface area contributed by atoms with Crippen LogP contribution < -0.4 is 10.6 Å². The molecule has 2 aromatic carbocycles. The van der Waals surface area contributed by atoms with Crippen LogP contribution in [-0.4, -0.2) is 17.4 Å². The number of hydrogen-bond acceptors (Lipinski definition) is 3. The van der Waals surface area contributed by atoms with E-state index in [2.05, 4.69) is 39.9 Å². The summed E-state index contributed by atoms with van der Waals surface area (Å²) in [5.74, 6) is 0.724. The van der Waals surface area contributed by atoms with Gasteiger partial charge in [0, 0.05) is 11.6 Å². The van der Waals surface area contributed by atoms with Gasteiger partial charge in [-0.3, -0.25) is 4.79 Å². The summed E-state index contributed by atoms with van der Waals surface area (Å²) in [7, 11) is 0. The van der Waals surface area contributed by atoms with Crippen LogP contribution >= 0.6 is 11.6 Å². The molecule has 0 spiro atoms. The molecule has 1 aromatic heterocycles. The molecule has 0 unspecified atom stereocenters. The number of carbonyl (C=O) groups is 1. The highest BCUT2D eigenvalue weighted by Crippen LogP contribution is 2.13. The van der Waals surface area contributed by atoms with Gasteiger partial charge in [0.25, 0.3) is 0 Å². The monoisotopic (exact) mass is 379 g/mol. The van der Waals surface area contributed by atoms with Crippen LogP contribution in [-0.2, 0) is 17.6 Å². The first-order valence-electron chi connectivity index (χ1n) is 8.97. The molecule has 3 aromatic rings. The molecule has 0 bridgehead atoms. The summed E-state index contributed by atoms with van der Waals surface area (Å²) in [4.78, 5) is 16.5. The van der Waals surface area contributed by atoms with Crippen LogP contribution in [0.15, 0.2) is 72.9 Å². The van der Waals surface area contributed by atoms with Crippen LogP contribution in [0, 0.1) is 0 Å². The SMILES string of the molecule is O=C(Cc1ccc(Cl)cc1)Nc1ccc(NCCCc2ccccc2)nc1. The fourth-order valence-electron chi connectivity index (χ4n) is 2.72. The fraction of sp³-hybridized carbons (Fsp3) is 0.182. The van der Waals surface area contributed by atoms with Gasteiger partial charge in [-0.25, -0.2) is 4.98 Å². The van der Waals surface area contributed by atoms with Crippen molar-refractivity contribution in [3.8, 4) is 0 Å². The van der Waals surface area contributed by atoms with Crippen LogP contribution in [0.4, 0.5) is 11.5 Å². The molecule has 1 amide bonds. The summed E-state index contributed by atoms with van der Waals surface area (Å²) < 4.78 is 0. The Kier molecular flexibility index (Phi) is 6.83. The first kappa shape index (κ1) is 18.9. The average Bonchev–Trinajstić information content (AvgIpc) is 2.69. The molecule has 0 aliphatic rings. The highest BCUT2D eigenvalue weighted by atomic mass is 35.5. The average molecular weight is 380 g/mol. The first-order valence-corrected chi connectivity index (χ1v) is 9.35. The third kappa shape index (κ3) is 6.42. The number of rotatable bonds is 8. The Labute approximate surface area is 164 Å². The van der Waals surface area contributed by atoms with Crippen LogP contribution in [0.1, 0.15) is 17.5 Å². The maximum absolute atomic E-state index is 12.1. The van der Waals surface area contributed by atoms with Crippen molar-refractivity contribution in [2.45, 2.75) is 19.3 Å². The van der Waals surface area contributed by atoms with Gasteiger partial charge in [-0.05, 0) is 48.2 Å². The summed E-state index contributed by atoms with van der Waals surface area (Å²) in [5.41, 5.74) is 2.94. The molecule has 4 nitrogen and oxygen atoms in total. The maximum Gasteiger partial charge on any atom is 0.228 e. The molecule has 0 saturated heterocycles. The van der Waals surface area contributed by atoms with E-state index in [0.29, 0.717) is 17.1 Å². The van der Waals surface area contributed by atoms with Crippen LogP contribution in [0.5, 0.6) is 0 Å². The first-order chi connectivity index (χ1) is 13.2. The lowest BCUT2D eigenvalue weighted by Crippen LogP contribution is -2.14. The normalized spacial score (nSPS) is 10.4. The predicted molar refractivity (Wildman–Crippen MR) is 111 cm³/mol. The molecule has 27 heavy (non-hydrogen) atoms. The zero-order valence-corrected chi connectivity index (χ0v) is 15.7. The van der Waals surface area contributed by atoms with Gasteiger partial charge in [-0.2, -0.15) is 0 Å². The smallest absolute Gasteiger partial charge is 0.228 e. The lowest BCUT2D eigenvalue weighted by atomic mass is 10.1. The Morgan fingerprint density at radius 1 is 0.926 bits per heavy atom. The molecule has 0 atom stereocenters. The number of nitrogens with zero attached hydrogens (tertiary/aromatic N) is 1. The Balaban J connectivity index is 1.41. The number of carbonyl (C=O) groups excluding carboxylic acids is 1. The van der Waals surface area contributed by atoms with Crippen LogP contribution in [0.3, 0.4) is 0 Å². The summed E-state index contributed by atoms with van der Waals surface area (Å²) in [6.07, 6.45) is 4.04. The number of pyridine rings is 1. The van der Waals surface area contributed by atoms with Gasteiger partial charge < -0.3 is 10.6 Å². The van der Waals surface area contributed by atoms with E-state index >= 15 is 0 Å². The molecule has 1 heterocycles. The molecule has 2 N–H and O–H groups in total. The Morgan fingerprint density at radius 3 is 2.41 bits per heavy atom. The van der Waals surface area contributed by atoms with E-state index in [4.69, 9.17) is 11.6 Å². The summed E-state index contributed by atoms with van der Waals surface area (Å²) >= 11 is 5.85. The third-order valence-corrected chi connectivity index (χ3v) is 4.37. The largest absolute Gasteiger partial charge is 0.370 e. The van der Waals surface area contributed by atoms with E-state index < -0.39 is 0 Å². The van der Waals surface area contributed by atoms with Crippen molar-refractivity contribution in [1.82, 2.24) is 4.98 Å². The second-order valence-corrected chi connectivity index (χ2v) is 6.74. The highest BCUT2D eigenvalue weighted by molar-refractivity contribution is 6.30. The lowest BCUT2D eigenvalue weighted by molar-refractivity contribution is -0.115. The predicted octanol–water partition coefficient (Wildman–Crippen LogP) is 4.96. The third-order valence-electron chi connectivity index (χ3n) is 4.12. The molecule has 0 fully saturated rings.